The average molecular weight is 369 g/mol. The van der Waals surface area contributed by atoms with Gasteiger partial charge in [0.2, 0.25) is 5.95 Å². The van der Waals surface area contributed by atoms with Gasteiger partial charge in [-0.3, -0.25) is 4.79 Å². The molecular weight excluding hydrogens is 352 g/mol. The highest BCUT2D eigenvalue weighted by Gasteiger charge is 2.41. The third-order valence-corrected chi connectivity index (χ3v) is 4.50. The Morgan fingerprint density at radius 3 is 2.72 bits per heavy atom. The molecule has 1 aliphatic carbocycles. The van der Waals surface area contributed by atoms with Gasteiger partial charge in [-0.15, -0.1) is 0 Å². The average Bonchev–Trinajstić information content (AvgIpc) is 3.14. The molecule has 25 heavy (non-hydrogen) atoms. The smallest absolute Gasteiger partial charge is 0.223 e. The number of carbonyl (C=O) groups is 1. The number of aliphatic hydroxyl groups is 3. The summed E-state index contributed by atoms with van der Waals surface area (Å²) in [4.78, 5) is 18.8. The van der Waals surface area contributed by atoms with Crippen LogP contribution in [0.1, 0.15) is 17.0 Å². The van der Waals surface area contributed by atoms with E-state index in [0.29, 0.717) is 12.7 Å². The number of nitrogen functional groups attached to an aromatic ring is 1. The molecule has 4 atom stereocenters. The summed E-state index contributed by atoms with van der Waals surface area (Å²) in [7, 11) is 0. The van der Waals surface area contributed by atoms with Crippen LogP contribution < -0.4 is 11.1 Å². The fraction of sp³-hybridized carbons (Fsp3) is 0.400. The number of nitrogens with zero attached hydrogens (tertiary/aromatic N) is 2. The fourth-order valence-corrected chi connectivity index (χ4v) is 3.22. The van der Waals surface area contributed by atoms with Gasteiger partial charge in [0.05, 0.1) is 17.7 Å². The minimum absolute atomic E-state index is 0.00791. The van der Waals surface area contributed by atoms with E-state index in [1.165, 1.54) is 12.1 Å². The molecule has 2 aromatic rings. The summed E-state index contributed by atoms with van der Waals surface area (Å²) in [6.45, 7) is -0.253. The highest BCUT2D eigenvalue weighted by atomic mass is 35.5. The Labute approximate surface area is 147 Å². The van der Waals surface area contributed by atoms with E-state index in [1.807, 2.05) is 0 Å². The first-order chi connectivity index (χ1) is 11.9. The van der Waals surface area contributed by atoms with Crippen molar-refractivity contribution in [3.05, 3.63) is 23.0 Å². The van der Waals surface area contributed by atoms with Crippen LogP contribution in [-0.2, 0) is 0 Å². The topological polar surface area (TPSA) is 155 Å². The van der Waals surface area contributed by atoms with Crippen LogP contribution in [0.3, 0.4) is 0 Å². The van der Waals surface area contributed by atoms with Crippen molar-refractivity contribution in [3.8, 4) is 11.3 Å². The van der Waals surface area contributed by atoms with E-state index in [0.717, 1.165) is 0 Å². The van der Waals surface area contributed by atoms with Crippen LogP contribution >= 0.6 is 11.6 Å². The minimum atomic E-state index is -1.11. The summed E-state index contributed by atoms with van der Waals surface area (Å²) >= 11 is 6.16. The Hall–Kier alpha value is -2.20. The highest BCUT2D eigenvalue weighted by Crippen LogP contribution is 2.36. The van der Waals surface area contributed by atoms with Crippen molar-refractivity contribution in [2.75, 3.05) is 17.7 Å². The van der Waals surface area contributed by atoms with Crippen molar-refractivity contribution in [1.29, 1.82) is 0 Å². The van der Waals surface area contributed by atoms with Gasteiger partial charge in [0.1, 0.15) is 22.8 Å². The van der Waals surface area contributed by atoms with Gasteiger partial charge < -0.3 is 30.8 Å². The molecule has 0 radical (unpaired) electrons. The molecule has 6 N–H and O–H groups in total. The lowest BCUT2D eigenvalue weighted by molar-refractivity contribution is 0.00446. The number of halogens is 1. The predicted octanol–water partition coefficient (Wildman–Crippen LogP) is 0.299. The molecule has 1 fully saturated rings. The number of furan rings is 1. The number of rotatable bonds is 5. The van der Waals surface area contributed by atoms with Crippen LogP contribution in [0, 0.1) is 5.92 Å². The van der Waals surface area contributed by atoms with Crippen LogP contribution in [-0.4, -0.2) is 56.4 Å². The molecule has 134 valence electrons. The first kappa shape index (κ1) is 17.6. The van der Waals surface area contributed by atoms with Crippen LogP contribution in [0.15, 0.2) is 16.5 Å². The van der Waals surface area contributed by atoms with E-state index in [1.54, 1.807) is 0 Å². The van der Waals surface area contributed by atoms with Crippen LogP contribution in [0.4, 0.5) is 11.8 Å². The molecule has 0 amide bonds. The zero-order chi connectivity index (χ0) is 18.1. The predicted molar refractivity (Wildman–Crippen MR) is 89.2 cm³/mol. The quantitative estimate of drug-likeness (QED) is 0.370. The summed E-state index contributed by atoms with van der Waals surface area (Å²) in [5.74, 6) is -0.00737. The lowest BCUT2D eigenvalue weighted by atomic mass is 10.1. The third-order valence-electron chi connectivity index (χ3n) is 4.23. The number of nitrogens with two attached hydrogens (primary N) is 1. The maximum Gasteiger partial charge on any atom is 0.223 e. The fourth-order valence-electron chi connectivity index (χ4n) is 2.95. The van der Waals surface area contributed by atoms with Crippen LogP contribution in [0.25, 0.3) is 11.3 Å². The lowest BCUT2D eigenvalue weighted by Gasteiger charge is -2.20. The van der Waals surface area contributed by atoms with E-state index in [2.05, 4.69) is 15.3 Å². The number of carbonyl (C=O) groups excluding carboxylic acids is 1. The molecule has 3 rings (SSSR count). The maximum absolute atomic E-state index is 10.8. The van der Waals surface area contributed by atoms with Gasteiger partial charge >= 0.3 is 0 Å². The molecule has 0 aromatic carbocycles. The van der Waals surface area contributed by atoms with Crippen molar-refractivity contribution in [2.45, 2.75) is 24.7 Å². The van der Waals surface area contributed by atoms with Crippen molar-refractivity contribution < 1.29 is 24.5 Å². The van der Waals surface area contributed by atoms with Crippen molar-refractivity contribution in [3.63, 3.8) is 0 Å². The Bertz CT molecular complexity index is 783. The molecule has 2 heterocycles. The highest BCUT2D eigenvalue weighted by molar-refractivity contribution is 6.32. The summed E-state index contributed by atoms with van der Waals surface area (Å²) in [5.41, 5.74) is 5.92. The van der Waals surface area contributed by atoms with E-state index < -0.39 is 24.2 Å². The lowest BCUT2D eigenvalue weighted by Crippen LogP contribution is -2.35. The number of anilines is 2. The Morgan fingerprint density at radius 2 is 2.12 bits per heavy atom. The molecule has 0 spiro atoms. The standard InChI is InChI=1S/C15H17ClN4O5/c16-13-10(9-2-1-7(5-22)25-9)14(20-15(17)19-13)18-8-3-6(4-21)11(23)12(8)24/h1-2,5-6,8,11-12,21,23-24H,3-4H2,(H3,17,18,19,20)/t6-,8-,11-,12+/m1/s1. The van der Waals surface area contributed by atoms with E-state index >= 15 is 0 Å². The van der Waals surface area contributed by atoms with E-state index in [9.17, 15) is 20.1 Å². The Morgan fingerprint density at radius 1 is 1.36 bits per heavy atom. The number of hydrogen-bond acceptors (Lipinski definition) is 9. The zero-order valence-electron chi connectivity index (χ0n) is 13.0. The molecule has 0 saturated heterocycles. The normalized spacial score (nSPS) is 25.9. The van der Waals surface area contributed by atoms with Gasteiger partial charge in [0, 0.05) is 12.5 Å². The number of aromatic nitrogens is 2. The second-order valence-electron chi connectivity index (χ2n) is 5.83. The number of aldehydes is 1. The largest absolute Gasteiger partial charge is 0.453 e. The minimum Gasteiger partial charge on any atom is -0.453 e. The number of hydrogen-bond donors (Lipinski definition) is 5. The van der Waals surface area contributed by atoms with E-state index in [4.69, 9.17) is 21.8 Å². The van der Waals surface area contributed by atoms with E-state index in [-0.39, 0.29) is 40.6 Å². The molecule has 1 saturated carbocycles. The first-order valence-electron chi connectivity index (χ1n) is 7.56. The van der Waals surface area contributed by atoms with Crippen molar-refractivity contribution in [1.82, 2.24) is 9.97 Å². The van der Waals surface area contributed by atoms with Gasteiger partial charge in [0.15, 0.2) is 12.0 Å². The molecule has 2 aromatic heterocycles. The Kier molecular flexibility index (Phi) is 4.91. The van der Waals surface area contributed by atoms with Gasteiger partial charge in [-0.2, -0.15) is 4.98 Å². The monoisotopic (exact) mass is 368 g/mol. The number of nitrogens with one attached hydrogen (secondary N) is 1. The third kappa shape index (κ3) is 3.31. The summed E-state index contributed by atoms with van der Waals surface area (Å²) in [5, 5.41) is 32.4. The summed E-state index contributed by atoms with van der Waals surface area (Å²) in [6.07, 6.45) is -1.31. The molecule has 10 heteroatoms. The Balaban J connectivity index is 1.97. The molecular formula is C15H17ClN4O5. The molecule has 9 nitrogen and oxygen atoms in total. The molecule has 0 unspecified atom stereocenters. The SMILES string of the molecule is Nc1nc(Cl)c(-c2ccc(C=O)o2)c(N[C@@H]2C[C@H](CO)[C@@H](O)[C@H]2O)n1. The van der Waals surface area contributed by atoms with Crippen LogP contribution in [0.2, 0.25) is 5.15 Å². The van der Waals surface area contributed by atoms with Gasteiger partial charge in [-0.25, -0.2) is 4.98 Å². The summed E-state index contributed by atoms with van der Waals surface area (Å²) in [6, 6.07) is 2.41. The number of aliphatic hydroxyl groups excluding tert-OH is 3. The zero-order valence-corrected chi connectivity index (χ0v) is 13.7. The van der Waals surface area contributed by atoms with Crippen molar-refractivity contribution >= 4 is 29.7 Å². The molecule has 0 bridgehead atoms. The first-order valence-corrected chi connectivity index (χ1v) is 7.94. The second kappa shape index (κ2) is 6.96. The van der Waals surface area contributed by atoms with Gasteiger partial charge in [0.25, 0.3) is 0 Å². The van der Waals surface area contributed by atoms with Crippen LogP contribution in [0.5, 0.6) is 0 Å². The van der Waals surface area contributed by atoms with Crippen molar-refractivity contribution in [2.24, 2.45) is 5.92 Å². The van der Waals surface area contributed by atoms with Gasteiger partial charge in [-0.1, -0.05) is 11.6 Å². The second-order valence-corrected chi connectivity index (χ2v) is 6.18. The summed E-state index contributed by atoms with van der Waals surface area (Å²) < 4.78 is 5.37. The molecule has 1 aliphatic rings. The van der Waals surface area contributed by atoms with Gasteiger partial charge in [-0.05, 0) is 18.6 Å². The maximum atomic E-state index is 10.8. The molecule has 0 aliphatic heterocycles.